The van der Waals surface area contributed by atoms with Crippen LogP contribution in [-0.4, -0.2) is 14.5 Å². The Balaban J connectivity index is 1.80. The zero-order chi connectivity index (χ0) is 19.5. The van der Waals surface area contributed by atoms with Crippen molar-refractivity contribution in [3.8, 4) is 11.9 Å². The van der Waals surface area contributed by atoms with E-state index < -0.39 is 0 Å². The van der Waals surface area contributed by atoms with Gasteiger partial charge in [0.2, 0.25) is 0 Å². The third kappa shape index (κ3) is 3.53. The quantitative estimate of drug-likeness (QED) is 0.388. The van der Waals surface area contributed by atoms with Crippen LogP contribution in [0.2, 0.25) is 0 Å². The molecule has 6 heteroatoms. The van der Waals surface area contributed by atoms with Gasteiger partial charge in [-0.25, -0.2) is 14.5 Å². The molecule has 0 radical (unpaired) electrons. The molecule has 0 aliphatic carbocycles. The summed E-state index contributed by atoms with van der Waals surface area (Å²) in [4.78, 5) is 22.3. The maximum absolute atomic E-state index is 13.2. The van der Waals surface area contributed by atoms with Gasteiger partial charge in [-0.05, 0) is 54.4 Å². The predicted octanol–water partition coefficient (Wildman–Crippen LogP) is 4.25. The number of aryl methyl sites for hydroxylation is 1. The van der Waals surface area contributed by atoms with Gasteiger partial charge in [-0.15, -0.1) is 0 Å². The maximum atomic E-state index is 13.2. The van der Waals surface area contributed by atoms with Gasteiger partial charge in [-0.2, -0.15) is 5.26 Å². The largest absolute Gasteiger partial charge is 0.268 e. The lowest BCUT2D eigenvalue weighted by molar-refractivity contribution is 0.794. The summed E-state index contributed by atoms with van der Waals surface area (Å²) < 4.78 is 1.57. The van der Waals surface area contributed by atoms with Crippen LogP contribution < -0.4 is 5.56 Å². The fraction of sp³-hybridized carbons (Fsp3) is 0.0909. The number of pyridine rings is 1. The molecule has 0 saturated heterocycles. The van der Waals surface area contributed by atoms with E-state index in [-0.39, 0.29) is 5.56 Å². The Morgan fingerprint density at radius 3 is 2.64 bits per heavy atom. The molecule has 0 saturated carbocycles. The summed E-state index contributed by atoms with van der Waals surface area (Å²) in [5, 5.41) is 10.1. The van der Waals surface area contributed by atoms with Crippen molar-refractivity contribution >= 4 is 22.7 Å². The van der Waals surface area contributed by atoms with E-state index in [0.29, 0.717) is 33.2 Å². The first kappa shape index (κ1) is 18.0. The van der Waals surface area contributed by atoms with Crippen molar-refractivity contribution in [3.05, 3.63) is 93.9 Å². The van der Waals surface area contributed by atoms with E-state index in [1.807, 2.05) is 49.4 Å². The second kappa shape index (κ2) is 7.67. The van der Waals surface area contributed by atoms with Crippen LogP contribution in [0.25, 0.3) is 16.7 Å². The third-order valence-electron chi connectivity index (χ3n) is 4.33. The third-order valence-corrected chi connectivity index (χ3v) is 5.34. The molecular formula is C22H16N4OS. The van der Waals surface area contributed by atoms with Crippen molar-refractivity contribution in [2.75, 3.05) is 0 Å². The molecule has 0 unspecified atom stereocenters. The normalized spacial score (nSPS) is 10.7. The minimum Gasteiger partial charge on any atom is -0.268 e. The average molecular weight is 384 g/mol. The molecule has 0 atom stereocenters. The number of nitrogens with zero attached hydrogens (tertiary/aromatic N) is 4. The number of hydrogen-bond donors (Lipinski definition) is 0. The van der Waals surface area contributed by atoms with Crippen molar-refractivity contribution in [2.45, 2.75) is 17.8 Å². The summed E-state index contributed by atoms with van der Waals surface area (Å²) in [7, 11) is 0. The van der Waals surface area contributed by atoms with Gasteiger partial charge in [0.25, 0.3) is 5.56 Å². The number of aromatic nitrogens is 3. The lowest BCUT2D eigenvalue weighted by atomic mass is 10.2. The SMILES string of the molecule is Cc1ccnc(-n2c(SCc3ccc(C#N)cc3)nc3ccccc3c2=O)c1. The van der Waals surface area contributed by atoms with Crippen LogP contribution in [0.1, 0.15) is 16.7 Å². The van der Waals surface area contributed by atoms with E-state index in [1.54, 1.807) is 29.0 Å². The number of thioether (sulfide) groups is 1. The standard InChI is InChI=1S/C22H16N4OS/c1-15-10-11-24-20(12-15)26-21(27)18-4-2-3-5-19(18)25-22(26)28-14-17-8-6-16(13-23)7-9-17/h2-12H,14H2,1H3. The topological polar surface area (TPSA) is 71.6 Å². The molecule has 4 aromatic rings. The molecule has 0 aliphatic heterocycles. The van der Waals surface area contributed by atoms with Gasteiger partial charge in [-0.3, -0.25) is 4.79 Å². The Hall–Kier alpha value is -3.43. The van der Waals surface area contributed by atoms with Gasteiger partial charge < -0.3 is 0 Å². The summed E-state index contributed by atoms with van der Waals surface area (Å²) in [6, 6.07) is 20.6. The van der Waals surface area contributed by atoms with Gasteiger partial charge in [-0.1, -0.05) is 36.0 Å². The number of benzene rings is 2. The van der Waals surface area contributed by atoms with Crippen LogP contribution in [0, 0.1) is 18.3 Å². The second-order valence-corrected chi connectivity index (χ2v) is 7.28. The average Bonchev–Trinajstić information content (AvgIpc) is 2.73. The van der Waals surface area contributed by atoms with Crippen LogP contribution in [0.5, 0.6) is 0 Å². The van der Waals surface area contributed by atoms with Crippen molar-refractivity contribution in [1.29, 1.82) is 5.26 Å². The lowest BCUT2D eigenvalue weighted by Crippen LogP contribution is -2.22. The molecule has 28 heavy (non-hydrogen) atoms. The molecule has 0 N–H and O–H groups in total. The fourth-order valence-corrected chi connectivity index (χ4v) is 3.83. The number of hydrogen-bond acceptors (Lipinski definition) is 5. The molecule has 0 fully saturated rings. The Labute approximate surface area is 166 Å². The first-order valence-corrected chi connectivity index (χ1v) is 9.71. The molecule has 0 aliphatic rings. The lowest BCUT2D eigenvalue weighted by Gasteiger charge is -2.13. The molecule has 136 valence electrons. The summed E-state index contributed by atoms with van der Waals surface area (Å²) in [6.07, 6.45) is 1.70. The van der Waals surface area contributed by atoms with E-state index in [0.717, 1.165) is 11.1 Å². The van der Waals surface area contributed by atoms with Crippen LogP contribution >= 0.6 is 11.8 Å². The van der Waals surface area contributed by atoms with Crippen molar-refractivity contribution < 1.29 is 0 Å². The fourth-order valence-electron chi connectivity index (χ4n) is 2.88. The summed E-state index contributed by atoms with van der Waals surface area (Å²) in [5.41, 5.74) is 3.23. The first-order chi connectivity index (χ1) is 13.7. The summed E-state index contributed by atoms with van der Waals surface area (Å²) >= 11 is 1.47. The highest BCUT2D eigenvalue weighted by Crippen LogP contribution is 2.24. The van der Waals surface area contributed by atoms with Gasteiger partial charge in [0.15, 0.2) is 5.16 Å². The van der Waals surface area contributed by atoms with Crippen molar-refractivity contribution in [1.82, 2.24) is 14.5 Å². The monoisotopic (exact) mass is 384 g/mol. The van der Waals surface area contributed by atoms with E-state index in [1.165, 1.54) is 11.8 Å². The molecule has 2 aromatic heterocycles. The van der Waals surface area contributed by atoms with Crippen molar-refractivity contribution in [2.24, 2.45) is 0 Å². The van der Waals surface area contributed by atoms with E-state index >= 15 is 0 Å². The zero-order valence-corrected chi connectivity index (χ0v) is 16.0. The number of rotatable bonds is 4. The Bertz CT molecular complexity index is 1260. The smallest absolute Gasteiger partial charge is 0.267 e. The Morgan fingerprint density at radius 2 is 1.89 bits per heavy atom. The highest BCUT2D eigenvalue weighted by atomic mass is 32.2. The zero-order valence-electron chi connectivity index (χ0n) is 15.2. The minimum absolute atomic E-state index is 0.133. The van der Waals surface area contributed by atoms with Gasteiger partial charge in [0.1, 0.15) is 5.82 Å². The van der Waals surface area contributed by atoms with Crippen LogP contribution in [-0.2, 0) is 5.75 Å². The van der Waals surface area contributed by atoms with E-state index in [4.69, 9.17) is 10.2 Å². The second-order valence-electron chi connectivity index (χ2n) is 6.34. The number of nitriles is 1. The van der Waals surface area contributed by atoms with E-state index in [2.05, 4.69) is 11.1 Å². The predicted molar refractivity (Wildman–Crippen MR) is 111 cm³/mol. The molecule has 0 bridgehead atoms. The maximum Gasteiger partial charge on any atom is 0.267 e. The first-order valence-electron chi connectivity index (χ1n) is 8.72. The molecule has 2 aromatic carbocycles. The molecular weight excluding hydrogens is 368 g/mol. The van der Waals surface area contributed by atoms with Gasteiger partial charge in [0.05, 0.1) is 22.5 Å². The minimum atomic E-state index is -0.133. The summed E-state index contributed by atoms with van der Waals surface area (Å²) in [6.45, 7) is 1.97. The van der Waals surface area contributed by atoms with Crippen LogP contribution in [0.3, 0.4) is 0 Å². The van der Waals surface area contributed by atoms with Crippen molar-refractivity contribution in [3.63, 3.8) is 0 Å². The Morgan fingerprint density at radius 1 is 1.11 bits per heavy atom. The molecule has 0 spiro atoms. The van der Waals surface area contributed by atoms with E-state index in [9.17, 15) is 4.79 Å². The Kier molecular flexibility index (Phi) is 4.92. The highest BCUT2D eigenvalue weighted by Gasteiger charge is 2.14. The van der Waals surface area contributed by atoms with Gasteiger partial charge in [0, 0.05) is 11.9 Å². The van der Waals surface area contributed by atoms with Crippen LogP contribution in [0.4, 0.5) is 0 Å². The van der Waals surface area contributed by atoms with Gasteiger partial charge >= 0.3 is 0 Å². The molecule has 0 amide bonds. The van der Waals surface area contributed by atoms with Crippen LogP contribution in [0.15, 0.2) is 76.8 Å². The number of para-hydroxylation sites is 1. The molecule has 2 heterocycles. The molecule has 5 nitrogen and oxygen atoms in total. The number of fused-ring (bicyclic) bond motifs is 1. The summed E-state index contributed by atoms with van der Waals surface area (Å²) in [5.74, 6) is 1.19. The highest BCUT2D eigenvalue weighted by molar-refractivity contribution is 7.98. The molecule has 4 rings (SSSR count).